The lowest BCUT2D eigenvalue weighted by molar-refractivity contribution is 0.399. The van der Waals surface area contributed by atoms with Gasteiger partial charge < -0.3 is 19.5 Å². The summed E-state index contributed by atoms with van der Waals surface area (Å²) in [5.41, 5.74) is 2.50. The lowest BCUT2D eigenvalue weighted by Gasteiger charge is -2.39. The third-order valence-electron chi connectivity index (χ3n) is 4.33. The summed E-state index contributed by atoms with van der Waals surface area (Å²) in [5.74, 6) is 0.559. The largest absolute Gasteiger partial charge is 0.481 e. The Balaban J connectivity index is 2.23. The van der Waals surface area contributed by atoms with E-state index in [0.717, 1.165) is 29.8 Å². The van der Waals surface area contributed by atoms with E-state index in [1.165, 1.54) is 0 Å². The molecule has 3 heterocycles. The highest BCUT2D eigenvalue weighted by molar-refractivity contribution is 5.89. The first-order valence-electron chi connectivity index (χ1n) is 7.56. The second kappa shape index (κ2) is 5.61. The highest BCUT2D eigenvalue weighted by Crippen LogP contribution is 2.27. The average Bonchev–Trinajstić information content (AvgIpc) is 2.53. The molecule has 0 aromatic carbocycles. The number of rotatable bonds is 2. The van der Waals surface area contributed by atoms with E-state index in [2.05, 4.69) is 29.0 Å². The smallest absolute Gasteiger partial charge is 0.252 e. The van der Waals surface area contributed by atoms with Crippen molar-refractivity contribution >= 4 is 16.7 Å². The topological polar surface area (TPSA) is 59.4 Å². The second-order valence-corrected chi connectivity index (χ2v) is 5.96. The van der Waals surface area contributed by atoms with Gasteiger partial charge in [0.05, 0.1) is 18.3 Å². The molecule has 1 saturated heterocycles. The number of fused-ring (bicyclic) bond motifs is 1. The highest BCUT2D eigenvalue weighted by Gasteiger charge is 2.25. The van der Waals surface area contributed by atoms with Crippen LogP contribution in [0, 0.1) is 0 Å². The summed E-state index contributed by atoms with van der Waals surface area (Å²) in [5, 5.41) is 3.46. The minimum Gasteiger partial charge on any atom is -0.481 e. The minimum absolute atomic E-state index is 0.0205. The van der Waals surface area contributed by atoms with Crippen LogP contribution in [-0.2, 0) is 7.05 Å². The summed E-state index contributed by atoms with van der Waals surface area (Å²) < 4.78 is 6.88. The van der Waals surface area contributed by atoms with Gasteiger partial charge in [0.25, 0.3) is 5.56 Å². The average molecular weight is 302 g/mol. The minimum atomic E-state index is -0.0205. The van der Waals surface area contributed by atoms with Crippen LogP contribution in [0.4, 0.5) is 5.69 Å². The van der Waals surface area contributed by atoms with Gasteiger partial charge in [0.2, 0.25) is 5.88 Å². The van der Waals surface area contributed by atoms with Crippen molar-refractivity contribution in [3.63, 3.8) is 0 Å². The molecule has 1 aliphatic rings. The van der Waals surface area contributed by atoms with E-state index in [0.29, 0.717) is 18.0 Å². The van der Waals surface area contributed by atoms with Gasteiger partial charge >= 0.3 is 0 Å². The molecule has 0 bridgehead atoms. The van der Waals surface area contributed by atoms with Crippen molar-refractivity contribution in [1.82, 2.24) is 14.9 Å². The number of hydrogen-bond acceptors (Lipinski definition) is 5. The summed E-state index contributed by atoms with van der Waals surface area (Å²) in [6.45, 7) is 6.04. The molecule has 0 unspecified atom stereocenters. The standard InChI is InChI=1S/C16H22N4O2/c1-10-9-20(11(2)8-17-10)13-7-15(21)19(3)12-5-6-14(22-4)18-16(12)13/h5-7,10-11,17H,8-9H2,1-4H3/t10-,11+/m1/s1. The summed E-state index contributed by atoms with van der Waals surface area (Å²) >= 11 is 0. The van der Waals surface area contributed by atoms with Crippen molar-refractivity contribution in [3.8, 4) is 5.88 Å². The van der Waals surface area contributed by atoms with Gasteiger partial charge in [0, 0.05) is 44.4 Å². The molecule has 118 valence electrons. The monoisotopic (exact) mass is 302 g/mol. The van der Waals surface area contributed by atoms with E-state index < -0.39 is 0 Å². The van der Waals surface area contributed by atoms with Crippen LogP contribution in [-0.4, -0.2) is 41.8 Å². The first-order chi connectivity index (χ1) is 10.5. The molecule has 3 rings (SSSR count). The molecule has 2 aromatic heterocycles. The Morgan fingerprint density at radius 1 is 1.36 bits per heavy atom. The van der Waals surface area contributed by atoms with Crippen LogP contribution in [0.25, 0.3) is 11.0 Å². The number of piperazine rings is 1. The molecule has 6 nitrogen and oxygen atoms in total. The van der Waals surface area contributed by atoms with Crippen molar-refractivity contribution in [2.45, 2.75) is 25.9 Å². The van der Waals surface area contributed by atoms with Gasteiger partial charge in [0.1, 0.15) is 5.52 Å². The zero-order chi connectivity index (χ0) is 15.9. The summed E-state index contributed by atoms with van der Waals surface area (Å²) in [7, 11) is 3.37. The van der Waals surface area contributed by atoms with Crippen molar-refractivity contribution in [1.29, 1.82) is 0 Å². The number of pyridine rings is 2. The number of hydrogen-bond donors (Lipinski definition) is 1. The Morgan fingerprint density at radius 3 is 2.86 bits per heavy atom. The molecule has 1 aliphatic heterocycles. The zero-order valence-electron chi connectivity index (χ0n) is 13.5. The third-order valence-corrected chi connectivity index (χ3v) is 4.33. The van der Waals surface area contributed by atoms with Crippen molar-refractivity contribution in [2.24, 2.45) is 7.05 Å². The van der Waals surface area contributed by atoms with Gasteiger partial charge in [-0.05, 0) is 19.9 Å². The number of methoxy groups -OCH3 is 1. The second-order valence-electron chi connectivity index (χ2n) is 5.96. The van der Waals surface area contributed by atoms with Gasteiger partial charge in [-0.3, -0.25) is 4.79 Å². The van der Waals surface area contributed by atoms with Crippen LogP contribution in [0.3, 0.4) is 0 Å². The molecule has 2 atom stereocenters. The van der Waals surface area contributed by atoms with E-state index in [1.54, 1.807) is 30.9 Å². The SMILES string of the molecule is COc1ccc2c(n1)c(N1C[C@@H](C)NC[C@@H]1C)cc(=O)n2C. The Labute approximate surface area is 129 Å². The lowest BCUT2D eigenvalue weighted by atomic mass is 10.1. The summed E-state index contributed by atoms with van der Waals surface area (Å²) in [6, 6.07) is 6.04. The fraction of sp³-hybridized carbons (Fsp3) is 0.500. The molecular formula is C16H22N4O2. The maximum Gasteiger partial charge on any atom is 0.252 e. The summed E-state index contributed by atoms with van der Waals surface area (Å²) in [4.78, 5) is 19.1. The van der Waals surface area contributed by atoms with Gasteiger partial charge in [-0.15, -0.1) is 0 Å². The van der Waals surface area contributed by atoms with E-state index >= 15 is 0 Å². The van der Waals surface area contributed by atoms with Crippen LogP contribution in [0.5, 0.6) is 5.88 Å². The predicted molar refractivity (Wildman–Crippen MR) is 87.8 cm³/mol. The van der Waals surface area contributed by atoms with E-state index in [4.69, 9.17) is 4.74 Å². The fourth-order valence-electron chi connectivity index (χ4n) is 2.98. The Bertz CT molecular complexity index is 756. The molecule has 6 heteroatoms. The molecule has 0 radical (unpaired) electrons. The number of nitrogens with one attached hydrogen (secondary N) is 1. The first kappa shape index (κ1) is 14.8. The van der Waals surface area contributed by atoms with Crippen LogP contribution >= 0.6 is 0 Å². The van der Waals surface area contributed by atoms with E-state index in [-0.39, 0.29) is 5.56 Å². The number of nitrogens with zero attached hydrogens (tertiary/aromatic N) is 3. The predicted octanol–water partition coefficient (Wildman–Crippen LogP) is 1.13. The highest BCUT2D eigenvalue weighted by atomic mass is 16.5. The molecular weight excluding hydrogens is 280 g/mol. The maximum absolute atomic E-state index is 12.3. The van der Waals surface area contributed by atoms with Gasteiger partial charge in [-0.1, -0.05) is 0 Å². The molecule has 22 heavy (non-hydrogen) atoms. The number of anilines is 1. The molecule has 1 fully saturated rings. The molecule has 2 aromatic rings. The Morgan fingerprint density at radius 2 is 2.14 bits per heavy atom. The Hall–Kier alpha value is -2.08. The van der Waals surface area contributed by atoms with Crippen molar-refractivity contribution in [2.75, 3.05) is 25.1 Å². The molecule has 0 amide bonds. The molecule has 0 spiro atoms. The number of ether oxygens (including phenoxy) is 1. The number of aryl methyl sites for hydroxylation is 1. The summed E-state index contributed by atoms with van der Waals surface area (Å²) in [6.07, 6.45) is 0. The third kappa shape index (κ3) is 2.43. The zero-order valence-corrected chi connectivity index (χ0v) is 13.5. The van der Waals surface area contributed by atoms with Gasteiger partial charge in [-0.25, -0.2) is 4.98 Å². The van der Waals surface area contributed by atoms with Crippen molar-refractivity contribution in [3.05, 3.63) is 28.6 Å². The van der Waals surface area contributed by atoms with E-state index in [1.807, 2.05) is 6.07 Å². The van der Waals surface area contributed by atoms with Crippen LogP contribution in [0.2, 0.25) is 0 Å². The maximum atomic E-state index is 12.3. The van der Waals surface area contributed by atoms with Crippen LogP contribution in [0.15, 0.2) is 23.0 Å². The van der Waals surface area contributed by atoms with Gasteiger partial charge in [0.15, 0.2) is 0 Å². The molecule has 0 saturated carbocycles. The molecule has 1 N–H and O–H groups in total. The van der Waals surface area contributed by atoms with Crippen LogP contribution in [0.1, 0.15) is 13.8 Å². The Kier molecular flexibility index (Phi) is 3.78. The normalized spacial score (nSPS) is 22.1. The molecule has 0 aliphatic carbocycles. The first-order valence-corrected chi connectivity index (χ1v) is 7.56. The number of aromatic nitrogens is 2. The fourth-order valence-corrected chi connectivity index (χ4v) is 2.98. The van der Waals surface area contributed by atoms with E-state index in [9.17, 15) is 4.79 Å². The van der Waals surface area contributed by atoms with Gasteiger partial charge in [-0.2, -0.15) is 0 Å². The quantitative estimate of drug-likeness (QED) is 0.901. The van der Waals surface area contributed by atoms with Crippen molar-refractivity contribution < 1.29 is 4.74 Å². The van der Waals surface area contributed by atoms with Crippen LogP contribution < -0.4 is 20.5 Å². The lowest BCUT2D eigenvalue weighted by Crippen LogP contribution is -2.54.